The van der Waals surface area contributed by atoms with Gasteiger partial charge in [-0.2, -0.15) is 0 Å². The van der Waals surface area contributed by atoms with Crippen LogP contribution in [0.5, 0.6) is 28.7 Å². The van der Waals surface area contributed by atoms with Crippen LogP contribution in [0.15, 0.2) is 60.4 Å². The van der Waals surface area contributed by atoms with Crippen LogP contribution in [0.1, 0.15) is 22.7 Å². The minimum atomic E-state index is -0.961. The average molecular weight is 519 g/mol. The minimum absolute atomic E-state index is 0.0789. The number of Topliss-reactive ketones (excluding diaryl/α,β-unsaturated/α-hetero) is 1. The van der Waals surface area contributed by atoms with Crippen LogP contribution in [-0.2, 0) is 16.1 Å². The number of nitrogens with zero attached hydrogens (tertiary/aromatic N) is 2. The van der Waals surface area contributed by atoms with Crippen molar-refractivity contribution in [3.05, 3.63) is 77.1 Å². The number of amides is 1. The lowest BCUT2D eigenvalue weighted by atomic mass is 9.94. The van der Waals surface area contributed by atoms with Gasteiger partial charge in [-0.05, 0) is 47.5 Å². The van der Waals surface area contributed by atoms with E-state index in [0.717, 1.165) is 0 Å². The van der Waals surface area contributed by atoms with Gasteiger partial charge in [-0.3, -0.25) is 14.6 Å². The summed E-state index contributed by atoms with van der Waals surface area (Å²) in [5.74, 6) is 0.0933. The molecule has 3 aromatic rings. The number of benzene rings is 2. The molecule has 1 amide bonds. The summed E-state index contributed by atoms with van der Waals surface area (Å²) in [4.78, 5) is 32.4. The molecule has 1 fully saturated rings. The van der Waals surface area contributed by atoms with Gasteiger partial charge in [-0.1, -0.05) is 6.07 Å². The molecule has 1 N–H and O–H groups in total. The molecule has 2 aliphatic heterocycles. The number of hydrogen-bond acceptors (Lipinski definition) is 9. The van der Waals surface area contributed by atoms with Crippen LogP contribution < -0.4 is 23.7 Å². The van der Waals surface area contributed by atoms with E-state index in [1.807, 2.05) is 0 Å². The lowest BCUT2D eigenvalue weighted by Crippen LogP contribution is -2.29. The molecule has 0 bridgehead atoms. The van der Waals surface area contributed by atoms with E-state index < -0.39 is 17.7 Å². The van der Waals surface area contributed by atoms with Crippen LogP contribution in [0.2, 0.25) is 0 Å². The number of hydrogen-bond donors (Lipinski definition) is 1. The molecule has 1 atom stereocenters. The lowest BCUT2D eigenvalue weighted by Gasteiger charge is -2.26. The van der Waals surface area contributed by atoms with Crippen LogP contribution in [0.25, 0.3) is 5.76 Å². The van der Waals surface area contributed by atoms with Crippen molar-refractivity contribution in [3.63, 3.8) is 0 Å². The van der Waals surface area contributed by atoms with Gasteiger partial charge in [0.2, 0.25) is 5.75 Å². The highest BCUT2D eigenvalue weighted by atomic mass is 16.6. The van der Waals surface area contributed by atoms with Crippen LogP contribution >= 0.6 is 0 Å². The third kappa shape index (κ3) is 4.34. The van der Waals surface area contributed by atoms with E-state index in [0.29, 0.717) is 58.7 Å². The van der Waals surface area contributed by atoms with Crippen LogP contribution in [0.4, 0.5) is 0 Å². The minimum Gasteiger partial charge on any atom is -0.507 e. The van der Waals surface area contributed by atoms with E-state index in [1.54, 1.807) is 54.9 Å². The molecular formula is C28H26N2O8. The molecule has 10 heteroatoms. The van der Waals surface area contributed by atoms with E-state index in [1.165, 1.54) is 26.2 Å². The molecule has 38 heavy (non-hydrogen) atoms. The van der Waals surface area contributed by atoms with Gasteiger partial charge in [-0.15, -0.1) is 0 Å². The summed E-state index contributed by atoms with van der Waals surface area (Å²) in [6, 6.07) is 10.8. The van der Waals surface area contributed by atoms with E-state index >= 15 is 0 Å². The summed E-state index contributed by atoms with van der Waals surface area (Å²) in [6.07, 6.45) is 3.24. The highest BCUT2D eigenvalue weighted by Crippen LogP contribution is 2.46. The summed E-state index contributed by atoms with van der Waals surface area (Å²) in [7, 11) is 4.43. The molecule has 196 valence electrons. The zero-order valence-corrected chi connectivity index (χ0v) is 21.1. The van der Waals surface area contributed by atoms with Gasteiger partial charge in [0.15, 0.2) is 23.0 Å². The number of likely N-dealkylation sites (tertiary alicyclic amines) is 1. The Labute approximate surface area is 219 Å². The van der Waals surface area contributed by atoms with Crippen molar-refractivity contribution >= 4 is 17.4 Å². The second kappa shape index (κ2) is 10.3. The zero-order valence-electron chi connectivity index (χ0n) is 21.1. The number of ether oxygens (including phenoxy) is 5. The van der Waals surface area contributed by atoms with Gasteiger partial charge < -0.3 is 33.7 Å². The SMILES string of the molecule is COc1cc([C@H]2/C(=C(\O)c3ccc4c(c3)OCCO4)C(=O)C(=O)N2Cc2cccnc2)cc(OC)c1OC. The molecule has 1 saturated heterocycles. The topological polar surface area (TPSA) is 117 Å². The fourth-order valence-corrected chi connectivity index (χ4v) is 4.68. The molecule has 0 radical (unpaired) electrons. The smallest absolute Gasteiger partial charge is 0.295 e. The maximum atomic E-state index is 13.5. The van der Waals surface area contributed by atoms with Crippen molar-refractivity contribution in [1.82, 2.24) is 9.88 Å². The molecule has 0 spiro atoms. The van der Waals surface area contributed by atoms with Crippen molar-refractivity contribution in [2.45, 2.75) is 12.6 Å². The summed E-state index contributed by atoms with van der Waals surface area (Å²) in [5.41, 5.74) is 1.43. The third-order valence-electron chi connectivity index (χ3n) is 6.43. The Hall–Kier alpha value is -4.73. The Kier molecular flexibility index (Phi) is 6.78. The fraction of sp³-hybridized carbons (Fsp3) is 0.250. The number of aliphatic hydroxyl groups excluding tert-OH is 1. The van der Waals surface area contributed by atoms with E-state index in [2.05, 4.69) is 4.98 Å². The van der Waals surface area contributed by atoms with Crippen molar-refractivity contribution in [2.24, 2.45) is 0 Å². The van der Waals surface area contributed by atoms with E-state index in [4.69, 9.17) is 23.7 Å². The number of ketones is 1. The first kappa shape index (κ1) is 24.9. The Morgan fingerprint density at radius 2 is 1.71 bits per heavy atom. The largest absolute Gasteiger partial charge is 0.507 e. The van der Waals surface area contributed by atoms with Gasteiger partial charge in [0, 0.05) is 24.5 Å². The summed E-state index contributed by atoms with van der Waals surface area (Å²) in [6.45, 7) is 0.856. The first-order valence-electron chi connectivity index (χ1n) is 11.8. The molecule has 2 aromatic carbocycles. The molecule has 0 unspecified atom stereocenters. The Morgan fingerprint density at radius 1 is 1.00 bits per heavy atom. The number of fused-ring (bicyclic) bond motifs is 1. The van der Waals surface area contributed by atoms with Crippen LogP contribution in [-0.4, -0.2) is 61.2 Å². The van der Waals surface area contributed by atoms with Gasteiger partial charge in [0.05, 0.1) is 32.9 Å². The van der Waals surface area contributed by atoms with Gasteiger partial charge in [0.25, 0.3) is 11.7 Å². The molecular weight excluding hydrogens is 492 g/mol. The molecule has 3 heterocycles. The monoisotopic (exact) mass is 518 g/mol. The standard InChI is InChI=1S/C28H26N2O8/c1-34-21-12-18(13-22(35-2)27(21)36-3)24-23(25(31)17-6-7-19-20(11-17)38-10-9-37-19)26(32)28(33)30(24)15-16-5-4-8-29-14-16/h4-8,11-14,24,31H,9-10,15H2,1-3H3/b25-23+/t24-/m0/s1. The number of carbonyl (C=O) groups excluding carboxylic acids is 2. The number of carbonyl (C=O) groups is 2. The lowest BCUT2D eigenvalue weighted by molar-refractivity contribution is -0.140. The van der Waals surface area contributed by atoms with Crippen molar-refractivity contribution in [2.75, 3.05) is 34.5 Å². The zero-order chi connectivity index (χ0) is 26.8. The van der Waals surface area contributed by atoms with Crippen molar-refractivity contribution in [3.8, 4) is 28.7 Å². The van der Waals surface area contributed by atoms with Gasteiger partial charge >= 0.3 is 0 Å². The van der Waals surface area contributed by atoms with Gasteiger partial charge in [0.1, 0.15) is 19.0 Å². The molecule has 5 rings (SSSR count). The van der Waals surface area contributed by atoms with E-state index in [9.17, 15) is 14.7 Å². The second-order valence-electron chi connectivity index (χ2n) is 8.61. The maximum absolute atomic E-state index is 13.5. The van der Waals surface area contributed by atoms with Crippen LogP contribution in [0, 0.1) is 0 Å². The second-order valence-corrected chi connectivity index (χ2v) is 8.61. The van der Waals surface area contributed by atoms with Crippen molar-refractivity contribution in [1.29, 1.82) is 0 Å². The molecule has 10 nitrogen and oxygen atoms in total. The maximum Gasteiger partial charge on any atom is 0.295 e. The number of pyridine rings is 1. The van der Waals surface area contributed by atoms with E-state index in [-0.39, 0.29) is 17.9 Å². The average Bonchev–Trinajstić information content (AvgIpc) is 3.21. The molecule has 1 aromatic heterocycles. The van der Waals surface area contributed by atoms with Crippen molar-refractivity contribution < 1.29 is 38.4 Å². The first-order chi connectivity index (χ1) is 18.5. The summed E-state index contributed by atoms with van der Waals surface area (Å²) >= 11 is 0. The highest BCUT2D eigenvalue weighted by molar-refractivity contribution is 6.46. The van der Waals surface area contributed by atoms with Gasteiger partial charge in [-0.25, -0.2) is 0 Å². The quantitative estimate of drug-likeness (QED) is 0.285. The fourth-order valence-electron chi connectivity index (χ4n) is 4.68. The number of rotatable bonds is 7. The number of methoxy groups -OCH3 is 3. The molecule has 2 aliphatic rings. The Morgan fingerprint density at radius 3 is 2.34 bits per heavy atom. The first-order valence-corrected chi connectivity index (χ1v) is 11.8. The number of aliphatic hydroxyl groups is 1. The predicted molar refractivity (Wildman–Crippen MR) is 136 cm³/mol. The molecule has 0 aliphatic carbocycles. The summed E-state index contributed by atoms with van der Waals surface area (Å²) in [5, 5.41) is 11.5. The Balaban J connectivity index is 1.70. The third-order valence-corrected chi connectivity index (χ3v) is 6.43. The predicted octanol–water partition coefficient (Wildman–Crippen LogP) is 3.50. The Bertz CT molecular complexity index is 1390. The summed E-state index contributed by atoms with van der Waals surface area (Å²) < 4.78 is 27.7. The number of aromatic nitrogens is 1. The molecule has 0 saturated carbocycles. The normalized spacial score (nSPS) is 17.9. The highest BCUT2D eigenvalue weighted by Gasteiger charge is 2.46. The van der Waals surface area contributed by atoms with Crippen LogP contribution in [0.3, 0.4) is 0 Å².